The molecule has 0 bridgehead atoms. The molecule has 0 saturated carbocycles. The molecule has 2 heterocycles. The van der Waals surface area contributed by atoms with E-state index in [1.807, 2.05) is 0 Å². The first-order chi connectivity index (χ1) is 8.67. The molecule has 1 saturated heterocycles. The van der Waals surface area contributed by atoms with Gasteiger partial charge in [-0.3, -0.25) is 4.90 Å². The van der Waals surface area contributed by atoms with Gasteiger partial charge in [0, 0.05) is 19.6 Å². The van der Waals surface area contributed by atoms with E-state index >= 15 is 0 Å². The molecule has 0 aliphatic carbocycles. The van der Waals surface area contributed by atoms with Crippen LogP contribution in [0.4, 0.5) is 0 Å². The Morgan fingerprint density at radius 3 is 3.06 bits per heavy atom. The highest BCUT2D eigenvalue weighted by atomic mass is 16.5. The van der Waals surface area contributed by atoms with Crippen LogP contribution in [0, 0.1) is 5.92 Å². The zero-order valence-corrected chi connectivity index (χ0v) is 11.1. The largest absolute Gasteiger partial charge is 0.390 e. The highest BCUT2D eigenvalue weighted by Gasteiger charge is 2.21. The molecule has 0 radical (unpaired) electrons. The molecule has 6 heteroatoms. The average molecular weight is 254 g/mol. The summed E-state index contributed by atoms with van der Waals surface area (Å²) in [6.07, 6.45) is 1.93. The van der Waals surface area contributed by atoms with E-state index in [1.54, 1.807) is 10.9 Å². The van der Waals surface area contributed by atoms with Crippen LogP contribution in [-0.2, 0) is 17.9 Å². The molecular formula is C12H22N4O2. The van der Waals surface area contributed by atoms with Gasteiger partial charge in [-0.05, 0) is 5.92 Å². The van der Waals surface area contributed by atoms with E-state index < -0.39 is 0 Å². The maximum Gasteiger partial charge on any atom is 0.108 e. The van der Waals surface area contributed by atoms with Gasteiger partial charge < -0.3 is 9.84 Å². The van der Waals surface area contributed by atoms with Crippen LogP contribution in [0.3, 0.4) is 0 Å². The van der Waals surface area contributed by atoms with Crippen molar-refractivity contribution >= 4 is 0 Å². The Bertz CT molecular complexity index is 367. The third kappa shape index (κ3) is 3.76. The van der Waals surface area contributed by atoms with Gasteiger partial charge in [-0.1, -0.05) is 19.1 Å². The van der Waals surface area contributed by atoms with Gasteiger partial charge in [0.05, 0.1) is 32.1 Å². The fraction of sp³-hybridized carbons (Fsp3) is 0.833. The van der Waals surface area contributed by atoms with Crippen LogP contribution in [0.15, 0.2) is 6.20 Å². The lowest BCUT2D eigenvalue weighted by atomic mass is 10.2. The predicted octanol–water partition coefficient (Wildman–Crippen LogP) is 0.127. The third-order valence-electron chi connectivity index (χ3n) is 2.99. The molecule has 2 rings (SSSR count). The summed E-state index contributed by atoms with van der Waals surface area (Å²) in [5.41, 5.74) is 0.602. The Hall–Kier alpha value is -0.980. The summed E-state index contributed by atoms with van der Waals surface area (Å²) in [7, 11) is 0. The molecule has 1 aromatic rings. The van der Waals surface area contributed by atoms with Crippen LogP contribution in [0.5, 0.6) is 0 Å². The molecule has 1 aromatic heterocycles. The maximum absolute atomic E-state index is 8.94. The van der Waals surface area contributed by atoms with Gasteiger partial charge in [0.2, 0.25) is 0 Å². The summed E-state index contributed by atoms with van der Waals surface area (Å²) in [6, 6.07) is 0. The molecular weight excluding hydrogens is 232 g/mol. The van der Waals surface area contributed by atoms with E-state index in [4.69, 9.17) is 9.84 Å². The quantitative estimate of drug-likeness (QED) is 0.809. The van der Waals surface area contributed by atoms with Crippen molar-refractivity contribution in [2.75, 3.05) is 26.2 Å². The number of morpholine rings is 1. The van der Waals surface area contributed by atoms with Crippen molar-refractivity contribution in [3.05, 3.63) is 11.9 Å². The maximum atomic E-state index is 8.94. The second-order valence-electron chi connectivity index (χ2n) is 5.24. The van der Waals surface area contributed by atoms with Crippen LogP contribution in [0.25, 0.3) is 0 Å². The van der Waals surface area contributed by atoms with Gasteiger partial charge in [0.15, 0.2) is 0 Å². The van der Waals surface area contributed by atoms with Crippen LogP contribution in [0.2, 0.25) is 0 Å². The van der Waals surface area contributed by atoms with Crippen LogP contribution >= 0.6 is 0 Å². The van der Waals surface area contributed by atoms with Gasteiger partial charge in [0.25, 0.3) is 0 Å². The van der Waals surface area contributed by atoms with E-state index in [-0.39, 0.29) is 12.7 Å². The predicted molar refractivity (Wildman–Crippen MR) is 67.0 cm³/mol. The van der Waals surface area contributed by atoms with E-state index in [9.17, 15) is 0 Å². The summed E-state index contributed by atoms with van der Waals surface area (Å²) in [6.45, 7) is 8.93. The number of aromatic nitrogens is 3. The van der Waals surface area contributed by atoms with Gasteiger partial charge in [-0.25, -0.2) is 4.68 Å². The molecule has 18 heavy (non-hydrogen) atoms. The fourth-order valence-corrected chi connectivity index (χ4v) is 2.28. The number of hydrogen-bond donors (Lipinski definition) is 1. The number of aliphatic hydroxyl groups excluding tert-OH is 1. The summed E-state index contributed by atoms with van der Waals surface area (Å²) >= 11 is 0. The first-order valence-electron chi connectivity index (χ1n) is 6.51. The number of nitrogens with zero attached hydrogens (tertiary/aromatic N) is 4. The second-order valence-corrected chi connectivity index (χ2v) is 5.24. The normalized spacial score (nSPS) is 21.7. The Balaban J connectivity index is 1.85. The molecule has 102 valence electrons. The Labute approximate surface area is 108 Å². The highest BCUT2D eigenvalue weighted by molar-refractivity contribution is 4.89. The topological polar surface area (TPSA) is 63.4 Å². The molecule has 6 nitrogen and oxygen atoms in total. The summed E-state index contributed by atoms with van der Waals surface area (Å²) < 4.78 is 7.49. The molecule has 1 aliphatic heterocycles. The minimum Gasteiger partial charge on any atom is -0.390 e. The second kappa shape index (κ2) is 6.26. The molecule has 1 N–H and O–H groups in total. The number of rotatable bonds is 5. The molecule has 1 fully saturated rings. The molecule has 0 spiro atoms. The summed E-state index contributed by atoms with van der Waals surface area (Å²) in [4.78, 5) is 2.43. The van der Waals surface area contributed by atoms with Crippen molar-refractivity contribution < 1.29 is 9.84 Å². The molecule has 0 amide bonds. The van der Waals surface area contributed by atoms with Crippen molar-refractivity contribution in [1.82, 2.24) is 19.9 Å². The number of hydrogen-bond acceptors (Lipinski definition) is 5. The van der Waals surface area contributed by atoms with Crippen molar-refractivity contribution in [2.24, 2.45) is 5.92 Å². The van der Waals surface area contributed by atoms with Crippen molar-refractivity contribution in [2.45, 2.75) is 33.1 Å². The van der Waals surface area contributed by atoms with Gasteiger partial charge >= 0.3 is 0 Å². The Morgan fingerprint density at radius 1 is 1.56 bits per heavy atom. The summed E-state index contributed by atoms with van der Waals surface area (Å²) in [5, 5.41) is 16.8. The minimum absolute atomic E-state index is 0.0645. The van der Waals surface area contributed by atoms with E-state index in [0.29, 0.717) is 18.2 Å². The number of aliphatic hydroxyl groups is 1. The van der Waals surface area contributed by atoms with Crippen molar-refractivity contribution in [1.29, 1.82) is 0 Å². The first kappa shape index (κ1) is 13.5. The SMILES string of the molecule is CC(C)CN1CCOC(Cn2cc(CO)nn2)C1. The van der Waals surface area contributed by atoms with E-state index in [2.05, 4.69) is 29.1 Å². The van der Waals surface area contributed by atoms with Crippen molar-refractivity contribution in [3.63, 3.8) is 0 Å². The lowest BCUT2D eigenvalue weighted by molar-refractivity contribution is -0.0406. The number of ether oxygens (including phenoxy) is 1. The average Bonchev–Trinajstić information content (AvgIpc) is 2.76. The monoisotopic (exact) mass is 254 g/mol. The fourth-order valence-electron chi connectivity index (χ4n) is 2.28. The van der Waals surface area contributed by atoms with Gasteiger partial charge in [0.1, 0.15) is 5.69 Å². The first-order valence-corrected chi connectivity index (χ1v) is 6.51. The molecule has 0 aromatic carbocycles. The molecule has 1 atom stereocenters. The van der Waals surface area contributed by atoms with E-state index in [1.165, 1.54) is 0 Å². The van der Waals surface area contributed by atoms with Gasteiger partial charge in [-0.15, -0.1) is 5.10 Å². The minimum atomic E-state index is -0.0645. The third-order valence-corrected chi connectivity index (χ3v) is 2.99. The van der Waals surface area contributed by atoms with Crippen molar-refractivity contribution in [3.8, 4) is 0 Å². The highest BCUT2D eigenvalue weighted by Crippen LogP contribution is 2.09. The zero-order valence-electron chi connectivity index (χ0n) is 11.1. The molecule has 1 unspecified atom stereocenters. The van der Waals surface area contributed by atoms with Crippen LogP contribution in [0.1, 0.15) is 19.5 Å². The lowest BCUT2D eigenvalue weighted by Crippen LogP contribution is -2.45. The standard InChI is InChI=1S/C12H22N4O2/c1-10(2)5-15-3-4-18-12(7-15)8-16-6-11(9-17)13-14-16/h6,10,12,17H,3-5,7-9H2,1-2H3. The Kier molecular flexibility index (Phi) is 4.68. The smallest absolute Gasteiger partial charge is 0.108 e. The van der Waals surface area contributed by atoms with E-state index in [0.717, 1.165) is 26.2 Å². The Morgan fingerprint density at radius 2 is 2.39 bits per heavy atom. The van der Waals surface area contributed by atoms with Crippen LogP contribution in [-0.4, -0.2) is 57.3 Å². The summed E-state index contributed by atoms with van der Waals surface area (Å²) in [5.74, 6) is 0.677. The lowest BCUT2D eigenvalue weighted by Gasteiger charge is -2.33. The van der Waals surface area contributed by atoms with Crippen LogP contribution < -0.4 is 0 Å². The molecule has 1 aliphatic rings. The van der Waals surface area contributed by atoms with Gasteiger partial charge in [-0.2, -0.15) is 0 Å². The zero-order chi connectivity index (χ0) is 13.0.